The van der Waals surface area contributed by atoms with Crippen molar-refractivity contribution in [3.63, 3.8) is 0 Å². The van der Waals surface area contributed by atoms with Crippen LogP contribution in [0.5, 0.6) is 0 Å². The van der Waals surface area contributed by atoms with Crippen molar-refractivity contribution >= 4 is 23.6 Å². The fourth-order valence-electron chi connectivity index (χ4n) is 2.67. The lowest BCUT2D eigenvalue weighted by molar-refractivity contribution is -0.127. The number of nitriles is 1. The van der Waals surface area contributed by atoms with Crippen LogP contribution in [0.4, 0.5) is 11.4 Å². The number of anilines is 1. The molecule has 1 aliphatic rings. The second kappa shape index (κ2) is 8.16. The summed E-state index contributed by atoms with van der Waals surface area (Å²) >= 11 is 0. The largest absolute Gasteiger partial charge is 0.380 e. The number of benzene rings is 1. The molecule has 0 bridgehead atoms. The molecule has 24 heavy (non-hydrogen) atoms. The summed E-state index contributed by atoms with van der Waals surface area (Å²) in [7, 11) is 3.76. The number of piperidine rings is 1. The molecule has 0 saturated carbocycles. The van der Waals surface area contributed by atoms with Gasteiger partial charge >= 0.3 is 0 Å². The van der Waals surface area contributed by atoms with E-state index in [0.717, 1.165) is 25.1 Å². The molecule has 1 saturated heterocycles. The minimum atomic E-state index is -0.0346. The molecule has 1 aromatic rings. The summed E-state index contributed by atoms with van der Waals surface area (Å²) in [6.07, 6.45) is 4.97. The average molecular weight is 325 g/mol. The van der Waals surface area contributed by atoms with Gasteiger partial charge in [-0.1, -0.05) is 6.58 Å². The molecule has 1 aliphatic heterocycles. The molecular weight excluding hydrogens is 302 g/mol. The maximum atomic E-state index is 11.8. The molecule has 126 valence electrons. The van der Waals surface area contributed by atoms with Crippen molar-refractivity contribution in [3.05, 3.63) is 36.4 Å². The fourth-order valence-corrected chi connectivity index (χ4v) is 2.67. The van der Waals surface area contributed by atoms with Gasteiger partial charge in [-0.05, 0) is 37.1 Å². The lowest BCUT2D eigenvalue weighted by Gasteiger charge is -2.33. The molecular formula is C18H23N5O. The Bertz CT molecular complexity index is 674. The maximum Gasteiger partial charge on any atom is 0.246 e. The first-order valence-electron chi connectivity index (χ1n) is 7.96. The summed E-state index contributed by atoms with van der Waals surface area (Å²) in [5.41, 5.74) is 2.03. The van der Waals surface area contributed by atoms with Crippen LogP contribution >= 0.6 is 0 Å². The van der Waals surface area contributed by atoms with Crippen LogP contribution in [0.15, 0.2) is 35.8 Å². The van der Waals surface area contributed by atoms with Crippen LogP contribution in [0, 0.1) is 11.3 Å². The standard InChI is InChI=1S/C18H23N5O/c1-4-18(24)23-9-5-6-16(12-23)21-15-7-8-17(14(10-15)11-19)20-13-22(2)3/h4,7-8,10,13,16,21H,1,5-6,9,12H2,2-3H3/b20-13+/t16-/m1/s1. The maximum absolute atomic E-state index is 11.8. The highest BCUT2D eigenvalue weighted by atomic mass is 16.2. The van der Waals surface area contributed by atoms with E-state index in [1.807, 2.05) is 31.1 Å². The molecule has 1 heterocycles. The molecule has 0 aromatic heterocycles. The van der Waals surface area contributed by atoms with Gasteiger partial charge in [-0.15, -0.1) is 0 Å². The minimum Gasteiger partial charge on any atom is -0.380 e. The minimum absolute atomic E-state index is 0.0346. The monoisotopic (exact) mass is 325 g/mol. The van der Waals surface area contributed by atoms with E-state index in [0.29, 0.717) is 17.8 Å². The molecule has 6 nitrogen and oxygen atoms in total. The highest BCUT2D eigenvalue weighted by Crippen LogP contribution is 2.24. The van der Waals surface area contributed by atoms with Gasteiger partial charge in [0.2, 0.25) is 5.91 Å². The van der Waals surface area contributed by atoms with Gasteiger partial charge in [-0.3, -0.25) is 4.79 Å². The third-order valence-electron chi connectivity index (χ3n) is 3.82. The topological polar surface area (TPSA) is 71.7 Å². The van der Waals surface area contributed by atoms with E-state index in [1.165, 1.54) is 6.08 Å². The van der Waals surface area contributed by atoms with Gasteiger partial charge in [0, 0.05) is 38.9 Å². The quantitative estimate of drug-likeness (QED) is 0.512. The van der Waals surface area contributed by atoms with Gasteiger partial charge in [-0.25, -0.2) is 4.99 Å². The number of rotatable bonds is 5. The number of hydrogen-bond donors (Lipinski definition) is 1. The first-order valence-corrected chi connectivity index (χ1v) is 7.96. The molecule has 0 unspecified atom stereocenters. The fraction of sp³-hybridized carbons (Fsp3) is 0.389. The third-order valence-corrected chi connectivity index (χ3v) is 3.82. The molecule has 0 radical (unpaired) electrons. The lowest BCUT2D eigenvalue weighted by Crippen LogP contribution is -2.44. The smallest absolute Gasteiger partial charge is 0.246 e. The Morgan fingerprint density at radius 2 is 2.33 bits per heavy atom. The number of carbonyl (C=O) groups excluding carboxylic acids is 1. The first kappa shape index (κ1) is 17.5. The molecule has 6 heteroatoms. The second-order valence-electron chi connectivity index (χ2n) is 6.02. The summed E-state index contributed by atoms with van der Waals surface area (Å²) in [6.45, 7) is 4.96. The average Bonchev–Trinajstić information content (AvgIpc) is 2.59. The van der Waals surface area contributed by atoms with Crippen LogP contribution < -0.4 is 5.32 Å². The summed E-state index contributed by atoms with van der Waals surface area (Å²) in [4.78, 5) is 19.7. The van der Waals surface area contributed by atoms with E-state index in [9.17, 15) is 10.1 Å². The zero-order valence-corrected chi connectivity index (χ0v) is 14.2. The number of hydrogen-bond acceptors (Lipinski definition) is 4. The molecule has 2 rings (SSSR count). The molecule has 1 atom stereocenters. The van der Waals surface area contributed by atoms with Crippen molar-refractivity contribution in [2.45, 2.75) is 18.9 Å². The Hall–Kier alpha value is -2.81. The summed E-state index contributed by atoms with van der Waals surface area (Å²) < 4.78 is 0. The molecule has 0 spiro atoms. The number of nitrogens with zero attached hydrogens (tertiary/aromatic N) is 4. The van der Waals surface area contributed by atoms with Crippen molar-refractivity contribution < 1.29 is 4.79 Å². The van der Waals surface area contributed by atoms with Crippen LogP contribution in [0.3, 0.4) is 0 Å². The highest BCUT2D eigenvalue weighted by Gasteiger charge is 2.22. The van der Waals surface area contributed by atoms with Crippen LogP contribution in [-0.2, 0) is 4.79 Å². The van der Waals surface area contributed by atoms with Crippen molar-refractivity contribution in [3.8, 4) is 6.07 Å². The van der Waals surface area contributed by atoms with E-state index >= 15 is 0 Å². The summed E-state index contributed by atoms with van der Waals surface area (Å²) in [6, 6.07) is 7.90. The van der Waals surface area contributed by atoms with E-state index in [2.05, 4.69) is 23.0 Å². The van der Waals surface area contributed by atoms with Crippen molar-refractivity contribution in [1.82, 2.24) is 9.80 Å². The Balaban J connectivity index is 2.08. The van der Waals surface area contributed by atoms with Gasteiger partial charge in [0.25, 0.3) is 0 Å². The molecule has 1 fully saturated rings. The number of amides is 1. The predicted molar refractivity (Wildman–Crippen MR) is 96.4 cm³/mol. The number of aliphatic imine (C=N–C) groups is 1. The van der Waals surface area contributed by atoms with Crippen molar-refractivity contribution in [2.75, 3.05) is 32.5 Å². The van der Waals surface area contributed by atoms with Crippen LogP contribution in [0.2, 0.25) is 0 Å². The zero-order valence-electron chi connectivity index (χ0n) is 14.2. The number of carbonyl (C=O) groups is 1. The summed E-state index contributed by atoms with van der Waals surface area (Å²) in [5, 5.41) is 12.7. The van der Waals surface area contributed by atoms with Crippen LogP contribution in [0.25, 0.3) is 0 Å². The van der Waals surface area contributed by atoms with Gasteiger partial charge in [0.05, 0.1) is 17.6 Å². The Kier molecular flexibility index (Phi) is 5.96. The first-order chi connectivity index (χ1) is 11.5. The van der Waals surface area contributed by atoms with Crippen molar-refractivity contribution in [2.24, 2.45) is 4.99 Å². The Labute approximate surface area is 143 Å². The van der Waals surface area contributed by atoms with Gasteiger partial charge < -0.3 is 15.1 Å². The molecule has 1 aromatic carbocycles. The van der Waals surface area contributed by atoms with E-state index in [4.69, 9.17) is 0 Å². The van der Waals surface area contributed by atoms with Gasteiger partial charge in [0.15, 0.2) is 0 Å². The molecule has 1 amide bonds. The number of nitrogens with one attached hydrogen (secondary N) is 1. The van der Waals surface area contributed by atoms with Crippen LogP contribution in [-0.4, -0.2) is 55.3 Å². The Morgan fingerprint density at radius 1 is 1.54 bits per heavy atom. The van der Waals surface area contributed by atoms with Crippen LogP contribution in [0.1, 0.15) is 18.4 Å². The lowest BCUT2D eigenvalue weighted by atomic mass is 10.0. The molecule has 0 aliphatic carbocycles. The SMILES string of the molecule is C=CC(=O)N1CCC[C@@H](Nc2ccc(/N=C/N(C)C)c(C#N)c2)C1. The van der Waals surface area contributed by atoms with Crippen molar-refractivity contribution in [1.29, 1.82) is 5.26 Å². The van der Waals surface area contributed by atoms with E-state index in [-0.39, 0.29) is 11.9 Å². The predicted octanol–water partition coefficient (Wildman–Crippen LogP) is 2.37. The third kappa shape index (κ3) is 4.59. The highest BCUT2D eigenvalue weighted by molar-refractivity contribution is 5.87. The van der Waals surface area contributed by atoms with Gasteiger partial charge in [0.1, 0.15) is 6.07 Å². The Morgan fingerprint density at radius 3 is 3.00 bits per heavy atom. The van der Waals surface area contributed by atoms with Gasteiger partial charge in [-0.2, -0.15) is 5.26 Å². The van der Waals surface area contributed by atoms with E-state index in [1.54, 1.807) is 17.3 Å². The second-order valence-corrected chi connectivity index (χ2v) is 6.02. The number of likely N-dealkylation sites (tertiary alicyclic amines) is 1. The normalized spacial score (nSPS) is 17.4. The summed E-state index contributed by atoms with van der Waals surface area (Å²) in [5.74, 6) is -0.0346. The molecule has 1 N–H and O–H groups in total. The zero-order chi connectivity index (χ0) is 17.5. The van der Waals surface area contributed by atoms with E-state index < -0.39 is 0 Å².